The molecule has 12 nitrogen and oxygen atoms in total. The Hall–Kier alpha value is -0.480. The molecule has 0 bridgehead atoms. The van der Waals surface area contributed by atoms with Crippen molar-refractivity contribution < 1.29 is 43.7 Å². The lowest BCUT2D eigenvalue weighted by Crippen LogP contribution is -2.67. The number of hydrogen-bond acceptors (Lipinski definition) is 12. The van der Waals surface area contributed by atoms with E-state index >= 15 is 0 Å². The van der Waals surface area contributed by atoms with Crippen molar-refractivity contribution in [1.29, 1.82) is 0 Å². The third-order valence-corrected chi connectivity index (χ3v) is 6.86. The van der Waals surface area contributed by atoms with Crippen molar-refractivity contribution >= 4 is 0 Å². The Labute approximate surface area is 188 Å². The largest absolute Gasteiger partial charge is 0.391 e. The van der Waals surface area contributed by atoms with Gasteiger partial charge in [0, 0.05) is 13.0 Å². The SMILES string of the molecule is CO[C@@H]1O[C@@H](C)[C@@H](O[C@@H]2OC(C)[C@@H](O[C@@H]3O[C@@H](C)[C@@H](C)C(O)C3N)[C@H](O)C2N)C(O)C1N. The first-order valence-electron chi connectivity index (χ1n) is 11.1. The summed E-state index contributed by atoms with van der Waals surface area (Å²) in [5.41, 5.74) is 18.3. The second-order valence-electron chi connectivity index (χ2n) is 9.13. The van der Waals surface area contributed by atoms with Crippen molar-refractivity contribution in [1.82, 2.24) is 0 Å². The van der Waals surface area contributed by atoms with Crippen molar-refractivity contribution in [2.24, 2.45) is 23.1 Å². The molecule has 0 aliphatic carbocycles. The topological polar surface area (TPSA) is 194 Å². The van der Waals surface area contributed by atoms with Crippen LogP contribution in [0.4, 0.5) is 0 Å². The number of hydrogen-bond donors (Lipinski definition) is 6. The summed E-state index contributed by atoms with van der Waals surface area (Å²) in [7, 11) is 1.44. The lowest BCUT2D eigenvalue weighted by molar-refractivity contribution is -0.338. The first kappa shape index (κ1) is 26.1. The van der Waals surface area contributed by atoms with Crippen LogP contribution in [0, 0.1) is 5.92 Å². The van der Waals surface area contributed by atoms with Gasteiger partial charge in [0.1, 0.15) is 24.4 Å². The van der Waals surface area contributed by atoms with Gasteiger partial charge in [-0.05, 0) is 20.8 Å². The smallest absolute Gasteiger partial charge is 0.176 e. The molecule has 6 unspecified atom stereocenters. The molecule has 0 saturated carbocycles. The number of ether oxygens (including phenoxy) is 6. The number of aliphatic hydroxyl groups excluding tert-OH is 3. The number of rotatable bonds is 5. The van der Waals surface area contributed by atoms with Gasteiger partial charge in [-0.3, -0.25) is 0 Å². The van der Waals surface area contributed by atoms with E-state index < -0.39 is 79.7 Å². The molecule has 3 fully saturated rings. The van der Waals surface area contributed by atoms with Gasteiger partial charge in [-0.2, -0.15) is 0 Å². The molecule has 3 saturated heterocycles. The Morgan fingerprint density at radius 1 is 0.594 bits per heavy atom. The van der Waals surface area contributed by atoms with E-state index in [-0.39, 0.29) is 12.0 Å². The third-order valence-electron chi connectivity index (χ3n) is 6.86. The van der Waals surface area contributed by atoms with Crippen LogP contribution in [0.25, 0.3) is 0 Å². The number of aliphatic hydroxyl groups is 3. The van der Waals surface area contributed by atoms with Crippen molar-refractivity contribution in [3.63, 3.8) is 0 Å². The fourth-order valence-corrected chi connectivity index (χ4v) is 4.44. The van der Waals surface area contributed by atoms with Crippen molar-refractivity contribution in [3.05, 3.63) is 0 Å². The second-order valence-corrected chi connectivity index (χ2v) is 9.13. The van der Waals surface area contributed by atoms with Crippen LogP contribution in [0.1, 0.15) is 27.7 Å². The van der Waals surface area contributed by atoms with Gasteiger partial charge in [0.15, 0.2) is 18.9 Å². The van der Waals surface area contributed by atoms with Crippen LogP contribution in [0.2, 0.25) is 0 Å². The maximum Gasteiger partial charge on any atom is 0.176 e. The van der Waals surface area contributed by atoms with E-state index in [0.29, 0.717) is 0 Å². The molecule has 3 aliphatic rings. The van der Waals surface area contributed by atoms with Crippen LogP contribution >= 0.6 is 0 Å². The molecule has 12 heteroatoms. The highest BCUT2D eigenvalue weighted by Gasteiger charge is 2.50. The van der Waals surface area contributed by atoms with Gasteiger partial charge in [0.2, 0.25) is 0 Å². The molecule has 3 rings (SSSR count). The summed E-state index contributed by atoms with van der Waals surface area (Å²) in [5.74, 6) is -0.162. The molecule has 3 aliphatic heterocycles. The zero-order valence-corrected chi connectivity index (χ0v) is 19.2. The Bertz CT molecular complexity index is 619. The molecule has 32 heavy (non-hydrogen) atoms. The third kappa shape index (κ3) is 4.97. The van der Waals surface area contributed by atoms with E-state index in [2.05, 4.69) is 0 Å². The summed E-state index contributed by atoms with van der Waals surface area (Å²) in [6.45, 7) is 7.06. The minimum atomic E-state index is -1.19. The van der Waals surface area contributed by atoms with Crippen molar-refractivity contribution in [2.75, 3.05) is 7.11 Å². The lowest BCUT2D eigenvalue weighted by Gasteiger charge is -2.48. The molecule has 0 aromatic heterocycles. The van der Waals surface area contributed by atoms with E-state index in [9.17, 15) is 15.3 Å². The average Bonchev–Trinajstić information content (AvgIpc) is 2.76. The normalized spacial score (nSPS) is 55.0. The lowest BCUT2D eigenvalue weighted by atomic mass is 9.90. The highest BCUT2D eigenvalue weighted by atomic mass is 16.7. The summed E-state index contributed by atoms with van der Waals surface area (Å²) >= 11 is 0. The molecule has 15 atom stereocenters. The summed E-state index contributed by atoms with van der Waals surface area (Å²) in [4.78, 5) is 0. The van der Waals surface area contributed by atoms with Crippen molar-refractivity contribution in [3.8, 4) is 0 Å². The Morgan fingerprint density at radius 2 is 0.969 bits per heavy atom. The van der Waals surface area contributed by atoms with E-state index in [4.69, 9.17) is 45.6 Å². The second kappa shape index (κ2) is 10.4. The van der Waals surface area contributed by atoms with E-state index in [1.165, 1.54) is 7.11 Å². The van der Waals surface area contributed by atoms with Gasteiger partial charge in [0.05, 0.1) is 42.5 Å². The molecule has 0 aromatic rings. The fraction of sp³-hybridized carbons (Fsp3) is 1.00. The minimum absolute atomic E-state index is 0.162. The molecular formula is C20H39N3O9. The highest BCUT2D eigenvalue weighted by Crippen LogP contribution is 2.32. The molecule has 3 heterocycles. The van der Waals surface area contributed by atoms with Gasteiger partial charge in [-0.25, -0.2) is 0 Å². The Kier molecular flexibility index (Phi) is 8.51. The standard InChI is InChI=1S/C20H39N3O9/c1-6-7(2)28-19(10(21)13(6)24)31-17-9(4)30-20(12(23)15(17)26)32-16-8(3)29-18(27-5)11(22)14(16)25/h6-20,24-26H,21-23H2,1-5H3/t6-,7+,8+,9?,10?,11?,12?,13?,14?,15-,16-,17-,18-,19+,20+/m1/s1. The maximum atomic E-state index is 10.9. The summed E-state index contributed by atoms with van der Waals surface area (Å²) in [5, 5.41) is 31.8. The Balaban J connectivity index is 1.65. The summed E-state index contributed by atoms with van der Waals surface area (Å²) in [6, 6.07) is -2.63. The number of nitrogens with two attached hydrogens (primary N) is 3. The molecule has 0 aromatic carbocycles. The quantitative estimate of drug-likeness (QED) is 0.247. The predicted molar refractivity (Wildman–Crippen MR) is 111 cm³/mol. The summed E-state index contributed by atoms with van der Waals surface area (Å²) in [6.07, 6.45) is -9.11. The van der Waals surface area contributed by atoms with Gasteiger partial charge in [-0.1, -0.05) is 6.92 Å². The van der Waals surface area contributed by atoms with Crippen LogP contribution in [-0.2, 0) is 28.4 Å². The van der Waals surface area contributed by atoms with Crippen LogP contribution in [0.15, 0.2) is 0 Å². The van der Waals surface area contributed by atoms with Gasteiger partial charge < -0.3 is 60.9 Å². The van der Waals surface area contributed by atoms with Crippen LogP contribution in [0.3, 0.4) is 0 Å². The molecule has 0 radical (unpaired) electrons. The van der Waals surface area contributed by atoms with Gasteiger partial charge >= 0.3 is 0 Å². The summed E-state index contributed by atoms with van der Waals surface area (Å²) < 4.78 is 34.3. The van der Waals surface area contributed by atoms with Crippen LogP contribution in [0.5, 0.6) is 0 Å². The monoisotopic (exact) mass is 465 g/mol. The fourth-order valence-electron chi connectivity index (χ4n) is 4.44. The van der Waals surface area contributed by atoms with E-state index in [1.807, 2.05) is 13.8 Å². The van der Waals surface area contributed by atoms with E-state index in [0.717, 1.165) is 0 Å². The zero-order chi connectivity index (χ0) is 23.9. The van der Waals surface area contributed by atoms with Crippen LogP contribution < -0.4 is 17.2 Å². The average molecular weight is 466 g/mol. The number of methoxy groups -OCH3 is 1. The maximum absolute atomic E-state index is 10.9. The van der Waals surface area contributed by atoms with Crippen LogP contribution in [-0.4, -0.2) is 108 Å². The predicted octanol–water partition coefficient (Wildman–Crippen LogP) is -2.66. The minimum Gasteiger partial charge on any atom is -0.391 e. The molecule has 9 N–H and O–H groups in total. The van der Waals surface area contributed by atoms with E-state index in [1.54, 1.807) is 13.8 Å². The molecular weight excluding hydrogens is 426 g/mol. The van der Waals surface area contributed by atoms with Crippen molar-refractivity contribution in [2.45, 2.75) is 114 Å². The first-order chi connectivity index (χ1) is 15.0. The molecule has 0 amide bonds. The van der Waals surface area contributed by atoms with Gasteiger partial charge in [0.25, 0.3) is 0 Å². The molecule has 188 valence electrons. The van der Waals surface area contributed by atoms with Gasteiger partial charge in [-0.15, -0.1) is 0 Å². The first-order valence-corrected chi connectivity index (χ1v) is 11.1. The highest BCUT2D eigenvalue weighted by molar-refractivity contribution is 4.96. The zero-order valence-electron chi connectivity index (χ0n) is 19.2. The Morgan fingerprint density at radius 3 is 1.44 bits per heavy atom. The molecule has 0 spiro atoms.